The van der Waals surface area contributed by atoms with Crippen LogP contribution in [0.3, 0.4) is 0 Å². The maximum atomic E-state index is 12.8. The molecule has 2 atom stereocenters. The Hall–Kier alpha value is -1.51. The smallest absolute Gasteiger partial charge is 0.306 e. The largest absolute Gasteiger partial charge is 0.756 e. The summed E-state index contributed by atoms with van der Waals surface area (Å²) in [6.07, 6.45) is 53.7. The molecule has 0 amide bonds. The molecule has 0 N–H and O–H groups in total. The van der Waals surface area contributed by atoms with Crippen molar-refractivity contribution >= 4 is 19.8 Å². The summed E-state index contributed by atoms with van der Waals surface area (Å²) in [7, 11) is 1.16. The SMILES string of the molecule is CCCCCCCCCCC/C=C/C/C=C/CCCC(=O)OC[C@H](COP(=O)([O-])OCC[N+](C)(C)C)OC(=O)CCCCCCCCCCCCCCCCCCCCCCCCC. The third-order valence-electron chi connectivity index (χ3n) is 12.0. The van der Waals surface area contributed by atoms with Gasteiger partial charge in [-0.1, -0.05) is 231 Å². The Labute approximate surface area is 396 Å². The van der Waals surface area contributed by atoms with Crippen LogP contribution in [-0.4, -0.2) is 70.0 Å². The molecule has 10 heteroatoms. The molecule has 0 radical (unpaired) electrons. The summed E-state index contributed by atoms with van der Waals surface area (Å²) >= 11 is 0. The van der Waals surface area contributed by atoms with Gasteiger partial charge in [0.2, 0.25) is 0 Å². The molecule has 0 aromatic rings. The number of ether oxygens (including phenoxy) is 2. The number of unbranched alkanes of at least 4 members (excludes halogenated alkanes) is 32. The van der Waals surface area contributed by atoms with Crippen LogP contribution in [0.15, 0.2) is 24.3 Å². The second-order valence-corrected chi connectivity index (χ2v) is 21.0. The lowest BCUT2D eigenvalue weighted by molar-refractivity contribution is -0.870. The molecule has 0 spiro atoms. The van der Waals surface area contributed by atoms with Gasteiger partial charge in [-0.2, -0.15) is 0 Å². The first-order valence-electron chi connectivity index (χ1n) is 27.0. The second-order valence-electron chi connectivity index (χ2n) is 19.6. The van der Waals surface area contributed by atoms with Crippen molar-refractivity contribution in [2.45, 2.75) is 264 Å². The Morgan fingerprint density at radius 3 is 1.28 bits per heavy atom. The van der Waals surface area contributed by atoms with Crippen LogP contribution in [-0.2, 0) is 32.7 Å². The first-order chi connectivity index (χ1) is 31.0. The molecule has 64 heavy (non-hydrogen) atoms. The van der Waals surface area contributed by atoms with E-state index >= 15 is 0 Å². The highest BCUT2D eigenvalue weighted by Crippen LogP contribution is 2.38. The number of rotatable bonds is 50. The molecule has 0 aromatic heterocycles. The molecule has 0 aliphatic heterocycles. The van der Waals surface area contributed by atoms with E-state index in [0.717, 1.165) is 32.1 Å². The van der Waals surface area contributed by atoms with Gasteiger partial charge in [0.15, 0.2) is 6.10 Å². The number of esters is 2. The van der Waals surface area contributed by atoms with Gasteiger partial charge < -0.3 is 27.9 Å². The van der Waals surface area contributed by atoms with Crippen molar-refractivity contribution in [3.8, 4) is 0 Å². The van der Waals surface area contributed by atoms with E-state index in [1.165, 1.54) is 186 Å². The number of likely N-dealkylation sites (N-methyl/N-ethyl adjacent to an activating group) is 1. The topological polar surface area (TPSA) is 111 Å². The van der Waals surface area contributed by atoms with E-state index in [1.807, 2.05) is 21.1 Å². The van der Waals surface area contributed by atoms with Gasteiger partial charge in [0.1, 0.15) is 19.8 Å². The molecule has 9 nitrogen and oxygen atoms in total. The van der Waals surface area contributed by atoms with Crippen molar-refractivity contribution in [3.63, 3.8) is 0 Å². The van der Waals surface area contributed by atoms with Crippen LogP contribution in [0.5, 0.6) is 0 Å². The van der Waals surface area contributed by atoms with Crippen LogP contribution < -0.4 is 4.89 Å². The van der Waals surface area contributed by atoms with E-state index in [1.54, 1.807) is 0 Å². The van der Waals surface area contributed by atoms with Gasteiger partial charge in [0.25, 0.3) is 7.82 Å². The number of phosphoric ester groups is 1. The fourth-order valence-corrected chi connectivity index (χ4v) is 8.48. The maximum absolute atomic E-state index is 12.8. The predicted molar refractivity (Wildman–Crippen MR) is 268 cm³/mol. The van der Waals surface area contributed by atoms with E-state index < -0.39 is 32.5 Å². The molecular formula is C54H104NO8P. The molecular weight excluding hydrogens is 822 g/mol. The van der Waals surface area contributed by atoms with Crippen molar-refractivity contribution < 1.29 is 42.1 Å². The standard InChI is InChI=1S/C54H104NO8P/c1-6-8-10-12-14-16-18-20-22-24-25-26-27-28-29-31-33-35-37-39-41-43-45-47-54(57)63-52(51-62-64(58,59)61-49-48-55(3,4)5)50-60-53(56)46-44-42-40-38-36-34-32-30-23-21-19-17-15-13-11-9-7-2/h32,34,38,40,52H,6-31,33,35-37,39,41-51H2,1-5H3/b34-32+,40-38+/t52-/m1/s1. The predicted octanol–water partition coefficient (Wildman–Crippen LogP) is 15.6. The summed E-state index contributed by atoms with van der Waals surface area (Å²) in [5.41, 5.74) is 0. The fourth-order valence-electron chi connectivity index (χ4n) is 7.76. The summed E-state index contributed by atoms with van der Waals surface area (Å²) < 4.78 is 34.0. The normalized spacial score (nSPS) is 13.5. The third kappa shape index (κ3) is 49.9. The third-order valence-corrected chi connectivity index (χ3v) is 12.9. The summed E-state index contributed by atoms with van der Waals surface area (Å²) in [6, 6.07) is 0. The first kappa shape index (κ1) is 62.5. The van der Waals surface area contributed by atoms with Gasteiger partial charge in [-0.15, -0.1) is 0 Å². The molecule has 0 bridgehead atoms. The molecule has 0 heterocycles. The fraction of sp³-hybridized carbons (Fsp3) is 0.889. The average Bonchev–Trinajstić information content (AvgIpc) is 3.25. The summed E-state index contributed by atoms with van der Waals surface area (Å²) in [6.45, 7) is 4.23. The van der Waals surface area contributed by atoms with Crippen molar-refractivity contribution in [2.24, 2.45) is 0 Å². The Balaban J connectivity index is 4.21. The van der Waals surface area contributed by atoms with Crippen LogP contribution >= 0.6 is 7.82 Å². The van der Waals surface area contributed by atoms with Gasteiger partial charge >= 0.3 is 11.9 Å². The van der Waals surface area contributed by atoms with Gasteiger partial charge in [-0.25, -0.2) is 0 Å². The Bertz CT molecular complexity index is 1140. The highest BCUT2D eigenvalue weighted by Gasteiger charge is 2.21. The molecule has 0 aliphatic rings. The average molecular weight is 926 g/mol. The number of carbonyl (C=O) groups excluding carboxylic acids is 2. The second kappa shape index (κ2) is 46.6. The zero-order valence-corrected chi connectivity index (χ0v) is 43.6. The van der Waals surface area contributed by atoms with Crippen molar-refractivity contribution in [2.75, 3.05) is 47.5 Å². The minimum absolute atomic E-state index is 0.0344. The number of nitrogens with zero attached hydrogens (tertiary/aromatic N) is 1. The van der Waals surface area contributed by atoms with E-state index in [0.29, 0.717) is 23.9 Å². The molecule has 0 saturated carbocycles. The minimum Gasteiger partial charge on any atom is -0.756 e. The lowest BCUT2D eigenvalue weighted by Crippen LogP contribution is -2.37. The van der Waals surface area contributed by atoms with E-state index in [9.17, 15) is 19.0 Å². The van der Waals surface area contributed by atoms with E-state index in [-0.39, 0.29) is 26.1 Å². The number of quaternary nitrogens is 1. The molecule has 378 valence electrons. The number of hydrogen-bond donors (Lipinski definition) is 0. The summed E-state index contributed by atoms with van der Waals surface area (Å²) in [5.74, 6) is -0.873. The van der Waals surface area contributed by atoms with Crippen LogP contribution in [0.2, 0.25) is 0 Å². The van der Waals surface area contributed by atoms with Gasteiger partial charge in [0, 0.05) is 12.8 Å². The van der Waals surface area contributed by atoms with Crippen LogP contribution in [0.1, 0.15) is 258 Å². The molecule has 0 aliphatic carbocycles. The zero-order chi connectivity index (χ0) is 47.1. The Kier molecular flexibility index (Phi) is 45.5. The van der Waals surface area contributed by atoms with Crippen molar-refractivity contribution in [1.82, 2.24) is 0 Å². The van der Waals surface area contributed by atoms with E-state index in [2.05, 4.69) is 38.2 Å². The molecule has 1 unspecified atom stereocenters. The van der Waals surface area contributed by atoms with Gasteiger partial charge in [0.05, 0.1) is 27.7 Å². The monoisotopic (exact) mass is 926 g/mol. The Morgan fingerprint density at radius 1 is 0.484 bits per heavy atom. The van der Waals surface area contributed by atoms with Crippen LogP contribution in [0.4, 0.5) is 0 Å². The maximum Gasteiger partial charge on any atom is 0.306 e. The number of phosphoric acid groups is 1. The molecule has 0 aromatic carbocycles. The summed E-state index contributed by atoms with van der Waals surface area (Å²) in [5, 5.41) is 0. The highest BCUT2D eigenvalue weighted by atomic mass is 31.2. The quantitative estimate of drug-likeness (QED) is 0.0195. The molecule has 0 saturated heterocycles. The minimum atomic E-state index is -4.64. The van der Waals surface area contributed by atoms with Crippen LogP contribution in [0, 0.1) is 0 Å². The van der Waals surface area contributed by atoms with Crippen molar-refractivity contribution in [1.29, 1.82) is 0 Å². The highest BCUT2D eigenvalue weighted by molar-refractivity contribution is 7.45. The lowest BCUT2D eigenvalue weighted by Gasteiger charge is -2.28. The molecule has 0 fully saturated rings. The summed E-state index contributed by atoms with van der Waals surface area (Å²) in [4.78, 5) is 37.7. The van der Waals surface area contributed by atoms with Crippen molar-refractivity contribution in [3.05, 3.63) is 24.3 Å². The lowest BCUT2D eigenvalue weighted by atomic mass is 10.0. The first-order valence-corrected chi connectivity index (χ1v) is 28.5. The van der Waals surface area contributed by atoms with Crippen LogP contribution in [0.25, 0.3) is 0 Å². The number of allylic oxidation sites excluding steroid dienone is 4. The number of hydrogen-bond acceptors (Lipinski definition) is 8. The Morgan fingerprint density at radius 2 is 0.859 bits per heavy atom. The van der Waals surface area contributed by atoms with E-state index in [4.69, 9.17) is 18.5 Å². The van der Waals surface area contributed by atoms with Gasteiger partial charge in [-0.3, -0.25) is 14.2 Å². The number of carbonyl (C=O) groups is 2. The zero-order valence-electron chi connectivity index (χ0n) is 42.7. The molecule has 0 rings (SSSR count). The van der Waals surface area contributed by atoms with Gasteiger partial charge in [-0.05, 0) is 38.5 Å².